The fourth-order valence-electron chi connectivity index (χ4n) is 2.94. The predicted octanol–water partition coefficient (Wildman–Crippen LogP) is 5.23. The van der Waals surface area contributed by atoms with Crippen LogP contribution in [0, 0.1) is 0 Å². The van der Waals surface area contributed by atoms with Gasteiger partial charge in [-0.25, -0.2) is 0 Å². The zero-order chi connectivity index (χ0) is 14.9. The van der Waals surface area contributed by atoms with Gasteiger partial charge in [0.15, 0.2) is 0 Å². The molecule has 21 heavy (non-hydrogen) atoms. The van der Waals surface area contributed by atoms with E-state index in [9.17, 15) is 0 Å². The normalized spacial score (nSPS) is 18.4. The van der Waals surface area contributed by atoms with Crippen molar-refractivity contribution in [2.45, 2.75) is 64.1 Å². The highest BCUT2D eigenvalue weighted by atomic mass is 79.9. The van der Waals surface area contributed by atoms with Gasteiger partial charge in [0, 0.05) is 11.0 Å². The Morgan fingerprint density at radius 3 is 2.43 bits per heavy atom. The molecule has 0 radical (unpaired) electrons. The van der Waals surface area contributed by atoms with Crippen LogP contribution in [0.15, 0.2) is 28.7 Å². The molecule has 0 bridgehead atoms. The van der Waals surface area contributed by atoms with Gasteiger partial charge in [-0.05, 0) is 43.5 Å². The highest BCUT2D eigenvalue weighted by Crippen LogP contribution is 2.27. The van der Waals surface area contributed by atoms with Crippen LogP contribution in [0.5, 0.6) is 0 Å². The van der Waals surface area contributed by atoms with E-state index in [0.29, 0.717) is 6.10 Å². The maximum Gasteiger partial charge on any atom is 0.0952 e. The fraction of sp³-hybridized carbons (Fsp3) is 0.667. The molecular weight excluding hydrogens is 326 g/mol. The Kier molecular flexibility index (Phi) is 7.76. The second-order valence-corrected chi connectivity index (χ2v) is 6.91. The van der Waals surface area contributed by atoms with Crippen molar-refractivity contribution in [1.82, 2.24) is 5.32 Å². The van der Waals surface area contributed by atoms with Crippen molar-refractivity contribution in [3.8, 4) is 0 Å². The minimum atomic E-state index is 0.174. The first-order valence-corrected chi connectivity index (χ1v) is 9.20. The quantitative estimate of drug-likeness (QED) is 0.535. The van der Waals surface area contributed by atoms with E-state index in [-0.39, 0.29) is 6.10 Å². The lowest BCUT2D eigenvalue weighted by atomic mass is 10.1. The van der Waals surface area contributed by atoms with E-state index in [4.69, 9.17) is 4.74 Å². The van der Waals surface area contributed by atoms with Crippen LogP contribution in [-0.2, 0) is 4.74 Å². The van der Waals surface area contributed by atoms with Gasteiger partial charge in [0.05, 0.1) is 12.2 Å². The van der Waals surface area contributed by atoms with Crippen LogP contribution in [0.3, 0.4) is 0 Å². The fourth-order valence-corrected chi connectivity index (χ4v) is 3.21. The van der Waals surface area contributed by atoms with Crippen molar-refractivity contribution < 1.29 is 4.74 Å². The first-order chi connectivity index (χ1) is 10.3. The average molecular weight is 354 g/mol. The number of ether oxygens (including phenoxy) is 1. The summed E-state index contributed by atoms with van der Waals surface area (Å²) in [5.74, 6) is 0. The van der Waals surface area contributed by atoms with Gasteiger partial charge < -0.3 is 10.1 Å². The number of hydrogen-bond acceptors (Lipinski definition) is 2. The van der Waals surface area contributed by atoms with Gasteiger partial charge in [-0.3, -0.25) is 0 Å². The Balaban J connectivity index is 1.98. The Labute approximate surface area is 137 Å². The molecule has 1 aromatic rings. The van der Waals surface area contributed by atoms with Gasteiger partial charge in [-0.15, -0.1) is 0 Å². The Bertz CT molecular complexity index is 385. The SMILES string of the molecule is CCCNCC(OC1CCCCCC1)c1ccc(Br)cc1. The van der Waals surface area contributed by atoms with Crippen LogP contribution in [0.1, 0.15) is 63.5 Å². The molecule has 1 unspecified atom stereocenters. The number of nitrogens with one attached hydrogen (secondary N) is 1. The summed E-state index contributed by atoms with van der Waals surface area (Å²) in [6.07, 6.45) is 9.60. The van der Waals surface area contributed by atoms with Gasteiger partial charge in [0.25, 0.3) is 0 Å². The van der Waals surface area contributed by atoms with E-state index >= 15 is 0 Å². The van der Waals surface area contributed by atoms with Crippen LogP contribution in [0.4, 0.5) is 0 Å². The van der Waals surface area contributed by atoms with E-state index in [0.717, 1.165) is 24.0 Å². The standard InChI is InChI=1S/C18H28BrNO/c1-2-13-20-14-18(15-9-11-16(19)12-10-15)21-17-7-5-3-4-6-8-17/h9-12,17-18,20H,2-8,13-14H2,1H3. The highest BCUT2D eigenvalue weighted by molar-refractivity contribution is 9.10. The first-order valence-electron chi connectivity index (χ1n) is 8.41. The molecular formula is C18H28BrNO. The Morgan fingerprint density at radius 2 is 1.81 bits per heavy atom. The van der Waals surface area contributed by atoms with E-state index < -0.39 is 0 Å². The summed E-state index contributed by atoms with van der Waals surface area (Å²) < 4.78 is 7.59. The summed E-state index contributed by atoms with van der Waals surface area (Å²) in [6, 6.07) is 8.58. The van der Waals surface area contributed by atoms with Crippen LogP contribution in [0.2, 0.25) is 0 Å². The average Bonchev–Trinajstić information content (AvgIpc) is 2.76. The third-order valence-corrected chi connectivity index (χ3v) is 4.69. The van der Waals surface area contributed by atoms with E-state index in [1.165, 1.54) is 44.1 Å². The minimum absolute atomic E-state index is 0.174. The minimum Gasteiger partial charge on any atom is -0.369 e. The van der Waals surface area contributed by atoms with Gasteiger partial charge in [-0.1, -0.05) is 60.7 Å². The van der Waals surface area contributed by atoms with Gasteiger partial charge >= 0.3 is 0 Å². The largest absolute Gasteiger partial charge is 0.369 e. The van der Waals surface area contributed by atoms with Crippen molar-refractivity contribution >= 4 is 15.9 Å². The molecule has 1 N–H and O–H groups in total. The van der Waals surface area contributed by atoms with Crippen LogP contribution in [0.25, 0.3) is 0 Å². The van der Waals surface area contributed by atoms with Crippen molar-refractivity contribution in [3.63, 3.8) is 0 Å². The summed E-state index contributed by atoms with van der Waals surface area (Å²) in [5.41, 5.74) is 1.28. The number of halogens is 1. The van der Waals surface area contributed by atoms with Crippen LogP contribution < -0.4 is 5.32 Å². The smallest absolute Gasteiger partial charge is 0.0952 e. The van der Waals surface area contributed by atoms with Crippen molar-refractivity contribution in [2.75, 3.05) is 13.1 Å². The predicted molar refractivity (Wildman–Crippen MR) is 92.6 cm³/mol. The van der Waals surface area contributed by atoms with Gasteiger partial charge in [-0.2, -0.15) is 0 Å². The summed E-state index contributed by atoms with van der Waals surface area (Å²) in [4.78, 5) is 0. The molecule has 118 valence electrons. The third kappa shape index (κ3) is 6.09. The molecule has 2 nitrogen and oxygen atoms in total. The van der Waals surface area contributed by atoms with Crippen LogP contribution in [-0.4, -0.2) is 19.2 Å². The van der Waals surface area contributed by atoms with E-state index in [1.807, 2.05) is 0 Å². The molecule has 0 spiro atoms. The second-order valence-electron chi connectivity index (χ2n) is 5.99. The molecule has 1 aromatic carbocycles. The van der Waals surface area contributed by atoms with Gasteiger partial charge in [0.2, 0.25) is 0 Å². The maximum absolute atomic E-state index is 6.47. The number of benzene rings is 1. The monoisotopic (exact) mass is 353 g/mol. The second kappa shape index (κ2) is 9.60. The molecule has 1 aliphatic rings. The summed E-state index contributed by atoms with van der Waals surface area (Å²) in [6.45, 7) is 4.17. The zero-order valence-electron chi connectivity index (χ0n) is 13.1. The van der Waals surface area contributed by atoms with Gasteiger partial charge in [0.1, 0.15) is 0 Å². The molecule has 1 aliphatic carbocycles. The zero-order valence-corrected chi connectivity index (χ0v) is 14.7. The molecule has 2 rings (SSSR count). The molecule has 0 aliphatic heterocycles. The van der Waals surface area contributed by atoms with Crippen molar-refractivity contribution in [1.29, 1.82) is 0 Å². The van der Waals surface area contributed by atoms with Crippen molar-refractivity contribution in [3.05, 3.63) is 34.3 Å². The van der Waals surface area contributed by atoms with E-state index in [2.05, 4.69) is 52.4 Å². The molecule has 3 heteroatoms. The Morgan fingerprint density at radius 1 is 1.14 bits per heavy atom. The molecule has 0 heterocycles. The molecule has 0 aromatic heterocycles. The third-order valence-electron chi connectivity index (χ3n) is 4.16. The number of rotatable bonds is 7. The van der Waals surface area contributed by atoms with E-state index in [1.54, 1.807) is 0 Å². The lowest BCUT2D eigenvalue weighted by Gasteiger charge is -2.25. The van der Waals surface area contributed by atoms with Crippen LogP contribution >= 0.6 is 15.9 Å². The lowest BCUT2D eigenvalue weighted by Crippen LogP contribution is -2.27. The molecule has 0 amide bonds. The maximum atomic E-state index is 6.47. The summed E-state index contributed by atoms with van der Waals surface area (Å²) in [5, 5.41) is 3.52. The first kappa shape index (κ1) is 17.0. The number of hydrogen-bond donors (Lipinski definition) is 1. The highest BCUT2D eigenvalue weighted by Gasteiger charge is 2.19. The summed E-state index contributed by atoms with van der Waals surface area (Å²) >= 11 is 3.51. The molecule has 1 fully saturated rings. The van der Waals surface area contributed by atoms with Crippen molar-refractivity contribution in [2.24, 2.45) is 0 Å². The molecule has 0 saturated heterocycles. The molecule has 1 atom stereocenters. The Hall–Kier alpha value is -0.380. The topological polar surface area (TPSA) is 21.3 Å². The summed E-state index contributed by atoms with van der Waals surface area (Å²) in [7, 11) is 0. The lowest BCUT2D eigenvalue weighted by molar-refractivity contribution is -0.0200. The molecule has 1 saturated carbocycles.